The van der Waals surface area contributed by atoms with Crippen molar-refractivity contribution in [2.75, 3.05) is 19.8 Å². The normalized spacial score (nSPS) is 33.3. The number of hydrogen-bond acceptors (Lipinski definition) is 4. The molecule has 1 saturated heterocycles. The third-order valence-electron chi connectivity index (χ3n) is 3.64. The van der Waals surface area contributed by atoms with Gasteiger partial charge in [0, 0.05) is 6.54 Å². The Labute approximate surface area is 95.5 Å². The standard InChI is InChI=1S/C11H20N2O3/c1-8-7-16-9(6-14)5-13(8)10(15)11(12)3-2-4-11/h8-9,14H,2-7,12H2,1H3. The second kappa shape index (κ2) is 4.31. The van der Waals surface area contributed by atoms with E-state index in [0.29, 0.717) is 13.2 Å². The van der Waals surface area contributed by atoms with Crippen molar-refractivity contribution in [2.24, 2.45) is 5.73 Å². The second-order valence-electron chi connectivity index (χ2n) is 4.95. The first kappa shape index (κ1) is 11.8. The maximum atomic E-state index is 12.2. The van der Waals surface area contributed by atoms with Crippen molar-refractivity contribution in [1.82, 2.24) is 4.90 Å². The zero-order valence-electron chi connectivity index (χ0n) is 9.69. The van der Waals surface area contributed by atoms with Crippen LogP contribution in [-0.2, 0) is 9.53 Å². The molecule has 1 heterocycles. The average Bonchev–Trinajstić information content (AvgIpc) is 2.25. The predicted molar refractivity (Wildman–Crippen MR) is 58.8 cm³/mol. The van der Waals surface area contributed by atoms with Crippen LogP contribution in [0.4, 0.5) is 0 Å². The van der Waals surface area contributed by atoms with Crippen LogP contribution < -0.4 is 5.73 Å². The molecule has 92 valence electrons. The largest absolute Gasteiger partial charge is 0.394 e. The molecular formula is C11H20N2O3. The SMILES string of the molecule is CC1COC(CO)CN1C(=O)C1(N)CCC1. The summed E-state index contributed by atoms with van der Waals surface area (Å²) in [5, 5.41) is 9.06. The van der Waals surface area contributed by atoms with Crippen LogP contribution in [0.15, 0.2) is 0 Å². The van der Waals surface area contributed by atoms with E-state index in [0.717, 1.165) is 19.3 Å². The Morgan fingerprint density at radius 1 is 1.62 bits per heavy atom. The fourth-order valence-electron chi connectivity index (χ4n) is 2.27. The maximum absolute atomic E-state index is 12.2. The summed E-state index contributed by atoms with van der Waals surface area (Å²) in [6.45, 7) is 2.84. The van der Waals surface area contributed by atoms with E-state index in [1.807, 2.05) is 6.92 Å². The Bertz CT molecular complexity index is 278. The quantitative estimate of drug-likeness (QED) is 0.666. The molecule has 5 nitrogen and oxygen atoms in total. The number of nitrogens with zero attached hydrogens (tertiary/aromatic N) is 1. The topological polar surface area (TPSA) is 75.8 Å². The first-order valence-electron chi connectivity index (χ1n) is 5.89. The van der Waals surface area contributed by atoms with Crippen LogP contribution in [0.3, 0.4) is 0 Å². The summed E-state index contributed by atoms with van der Waals surface area (Å²) < 4.78 is 5.40. The number of aliphatic hydroxyl groups is 1. The molecular weight excluding hydrogens is 208 g/mol. The summed E-state index contributed by atoms with van der Waals surface area (Å²) in [6, 6.07) is 0.0522. The van der Waals surface area contributed by atoms with Crippen molar-refractivity contribution in [3.63, 3.8) is 0 Å². The number of carbonyl (C=O) groups excluding carboxylic acids is 1. The summed E-state index contributed by atoms with van der Waals surface area (Å²) in [5.41, 5.74) is 5.38. The van der Waals surface area contributed by atoms with Crippen LogP contribution in [-0.4, -0.2) is 53.4 Å². The number of morpholine rings is 1. The average molecular weight is 228 g/mol. The molecule has 0 aromatic heterocycles. The summed E-state index contributed by atoms with van der Waals surface area (Å²) in [7, 11) is 0. The summed E-state index contributed by atoms with van der Waals surface area (Å²) >= 11 is 0. The van der Waals surface area contributed by atoms with Gasteiger partial charge in [-0.25, -0.2) is 0 Å². The smallest absolute Gasteiger partial charge is 0.243 e. The Kier molecular flexibility index (Phi) is 3.19. The second-order valence-corrected chi connectivity index (χ2v) is 4.95. The van der Waals surface area contributed by atoms with Crippen molar-refractivity contribution < 1.29 is 14.6 Å². The van der Waals surface area contributed by atoms with Gasteiger partial charge >= 0.3 is 0 Å². The molecule has 0 bridgehead atoms. The zero-order valence-corrected chi connectivity index (χ0v) is 9.69. The fraction of sp³-hybridized carbons (Fsp3) is 0.909. The van der Waals surface area contributed by atoms with E-state index in [2.05, 4.69) is 0 Å². The molecule has 0 radical (unpaired) electrons. The van der Waals surface area contributed by atoms with Gasteiger partial charge in [0.05, 0.1) is 30.9 Å². The van der Waals surface area contributed by atoms with E-state index < -0.39 is 5.54 Å². The number of nitrogens with two attached hydrogens (primary N) is 1. The van der Waals surface area contributed by atoms with E-state index in [9.17, 15) is 4.79 Å². The van der Waals surface area contributed by atoms with Crippen molar-refractivity contribution in [3.05, 3.63) is 0 Å². The van der Waals surface area contributed by atoms with E-state index in [-0.39, 0.29) is 24.7 Å². The highest BCUT2D eigenvalue weighted by molar-refractivity contribution is 5.87. The van der Waals surface area contributed by atoms with Gasteiger partial charge in [0.15, 0.2) is 0 Å². The van der Waals surface area contributed by atoms with E-state index in [1.54, 1.807) is 4.90 Å². The molecule has 2 rings (SSSR count). The van der Waals surface area contributed by atoms with Gasteiger partial charge in [-0.15, -0.1) is 0 Å². The Morgan fingerprint density at radius 2 is 2.31 bits per heavy atom. The van der Waals surface area contributed by atoms with Gasteiger partial charge < -0.3 is 20.5 Å². The molecule has 1 aliphatic heterocycles. The summed E-state index contributed by atoms with van der Waals surface area (Å²) in [6.07, 6.45) is 2.33. The molecule has 3 N–H and O–H groups in total. The van der Waals surface area contributed by atoms with Crippen molar-refractivity contribution in [1.29, 1.82) is 0 Å². The highest BCUT2D eigenvalue weighted by Gasteiger charge is 2.45. The first-order chi connectivity index (χ1) is 7.57. The first-order valence-corrected chi connectivity index (χ1v) is 5.89. The highest BCUT2D eigenvalue weighted by Crippen LogP contribution is 2.32. The molecule has 0 spiro atoms. The lowest BCUT2D eigenvalue weighted by atomic mass is 9.76. The predicted octanol–water partition coefficient (Wildman–Crippen LogP) is -0.524. The number of ether oxygens (including phenoxy) is 1. The molecule has 1 aliphatic carbocycles. The molecule has 1 saturated carbocycles. The molecule has 16 heavy (non-hydrogen) atoms. The number of carbonyl (C=O) groups is 1. The minimum Gasteiger partial charge on any atom is -0.394 e. The van der Waals surface area contributed by atoms with E-state index in [1.165, 1.54) is 0 Å². The summed E-state index contributed by atoms with van der Waals surface area (Å²) in [5.74, 6) is 0.0213. The van der Waals surface area contributed by atoms with Gasteiger partial charge in [0.2, 0.25) is 5.91 Å². The molecule has 1 amide bonds. The van der Waals surface area contributed by atoms with Crippen molar-refractivity contribution in [2.45, 2.75) is 43.9 Å². The molecule has 5 heteroatoms. The third-order valence-corrected chi connectivity index (χ3v) is 3.64. The van der Waals surface area contributed by atoms with Crippen LogP contribution in [0.5, 0.6) is 0 Å². The fourth-order valence-corrected chi connectivity index (χ4v) is 2.27. The van der Waals surface area contributed by atoms with Gasteiger partial charge in [-0.2, -0.15) is 0 Å². The Hall–Kier alpha value is -0.650. The minimum absolute atomic E-state index is 0.0213. The Morgan fingerprint density at radius 3 is 2.81 bits per heavy atom. The number of hydrogen-bond donors (Lipinski definition) is 2. The van der Waals surface area contributed by atoms with Gasteiger partial charge in [0.1, 0.15) is 0 Å². The summed E-state index contributed by atoms with van der Waals surface area (Å²) in [4.78, 5) is 14.0. The van der Waals surface area contributed by atoms with Gasteiger partial charge in [-0.3, -0.25) is 4.79 Å². The molecule has 0 aromatic carbocycles. The molecule has 2 unspecified atom stereocenters. The highest BCUT2D eigenvalue weighted by atomic mass is 16.5. The molecule has 0 aromatic rings. The van der Waals surface area contributed by atoms with Crippen LogP contribution in [0.2, 0.25) is 0 Å². The zero-order chi connectivity index (χ0) is 11.8. The van der Waals surface area contributed by atoms with Gasteiger partial charge in [-0.05, 0) is 26.2 Å². The van der Waals surface area contributed by atoms with Crippen molar-refractivity contribution in [3.8, 4) is 0 Å². The number of rotatable bonds is 2. The van der Waals surface area contributed by atoms with E-state index >= 15 is 0 Å². The van der Waals surface area contributed by atoms with Crippen molar-refractivity contribution >= 4 is 5.91 Å². The van der Waals surface area contributed by atoms with Gasteiger partial charge in [-0.1, -0.05) is 0 Å². The monoisotopic (exact) mass is 228 g/mol. The van der Waals surface area contributed by atoms with Crippen LogP contribution in [0.25, 0.3) is 0 Å². The lowest BCUT2D eigenvalue weighted by Gasteiger charge is -2.45. The Balaban J connectivity index is 2.03. The lowest BCUT2D eigenvalue weighted by molar-refractivity contribution is -0.154. The minimum atomic E-state index is -0.647. The number of amides is 1. The van der Waals surface area contributed by atoms with E-state index in [4.69, 9.17) is 15.6 Å². The number of aliphatic hydroxyl groups excluding tert-OH is 1. The molecule has 2 fully saturated rings. The third kappa shape index (κ3) is 1.95. The van der Waals surface area contributed by atoms with Gasteiger partial charge in [0.25, 0.3) is 0 Å². The van der Waals surface area contributed by atoms with Crippen LogP contribution >= 0.6 is 0 Å². The van der Waals surface area contributed by atoms with Crippen LogP contribution in [0, 0.1) is 0 Å². The molecule has 2 atom stereocenters. The maximum Gasteiger partial charge on any atom is 0.243 e. The lowest BCUT2D eigenvalue weighted by Crippen LogP contribution is -2.64. The molecule has 2 aliphatic rings. The van der Waals surface area contributed by atoms with Crippen LogP contribution in [0.1, 0.15) is 26.2 Å².